The molecule has 1 aliphatic carbocycles. The van der Waals surface area contributed by atoms with E-state index >= 15 is 0 Å². The third-order valence-corrected chi connectivity index (χ3v) is 4.90. The number of hydrogen-bond acceptors (Lipinski definition) is 4. The molecule has 2 N–H and O–H groups in total. The Hall–Kier alpha value is -2.34. The van der Waals surface area contributed by atoms with E-state index in [1.54, 1.807) is 4.68 Å². The molecule has 26 heavy (non-hydrogen) atoms. The number of hydrogen-bond donors (Lipinski definition) is 2. The molecule has 0 radical (unpaired) electrons. The lowest BCUT2D eigenvalue weighted by Crippen LogP contribution is -2.37. The molecule has 1 heterocycles. The van der Waals surface area contributed by atoms with Crippen LogP contribution in [0.3, 0.4) is 0 Å². The zero-order valence-corrected chi connectivity index (χ0v) is 15.4. The minimum absolute atomic E-state index is 0.0201. The van der Waals surface area contributed by atoms with Crippen molar-refractivity contribution in [3.63, 3.8) is 0 Å². The average Bonchev–Trinajstić information content (AvgIpc) is 3.19. The molecule has 3 atom stereocenters. The second kappa shape index (κ2) is 8.36. The molecule has 0 aliphatic heterocycles. The average molecular weight is 357 g/mol. The maximum Gasteiger partial charge on any atom is 0.221 e. The molecular formula is C20H27N3O3. The van der Waals surface area contributed by atoms with Crippen LogP contribution in [0.4, 0.5) is 0 Å². The molecule has 3 rings (SSSR count). The Bertz CT molecular complexity index is 726. The zero-order chi connectivity index (χ0) is 18.5. The summed E-state index contributed by atoms with van der Waals surface area (Å²) in [5.74, 6) is 0.786. The number of carbonyl (C=O) groups is 1. The fourth-order valence-corrected chi connectivity index (χ4v) is 3.30. The van der Waals surface area contributed by atoms with Crippen molar-refractivity contribution in [2.45, 2.75) is 51.9 Å². The first-order valence-electron chi connectivity index (χ1n) is 9.19. The molecule has 2 aromatic rings. The normalized spacial score (nSPS) is 22.3. The smallest absolute Gasteiger partial charge is 0.221 e. The van der Waals surface area contributed by atoms with Crippen LogP contribution < -0.4 is 10.1 Å². The van der Waals surface area contributed by atoms with Gasteiger partial charge in [-0.25, -0.2) is 0 Å². The maximum absolute atomic E-state index is 12.0. The summed E-state index contributed by atoms with van der Waals surface area (Å²) in [6.45, 7) is 4.99. The van der Waals surface area contributed by atoms with Crippen LogP contribution in [0.25, 0.3) is 0 Å². The molecule has 1 aromatic heterocycles. The van der Waals surface area contributed by atoms with Crippen molar-refractivity contribution in [2.24, 2.45) is 5.92 Å². The van der Waals surface area contributed by atoms with Gasteiger partial charge in [-0.1, -0.05) is 17.7 Å². The van der Waals surface area contributed by atoms with Gasteiger partial charge in [0.1, 0.15) is 11.9 Å². The monoisotopic (exact) mass is 357 g/mol. The van der Waals surface area contributed by atoms with Crippen LogP contribution >= 0.6 is 0 Å². The quantitative estimate of drug-likeness (QED) is 0.797. The number of aliphatic hydroxyl groups excluding tert-OH is 1. The Morgan fingerprint density at radius 1 is 1.27 bits per heavy atom. The van der Waals surface area contributed by atoms with Gasteiger partial charge in [0, 0.05) is 31.6 Å². The number of aromatic nitrogens is 2. The van der Waals surface area contributed by atoms with E-state index in [9.17, 15) is 9.90 Å². The van der Waals surface area contributed by atoms with E-state index in [1.807, 2.05) is 50.4 Å². The Morgan fingerprint density at radius 3 is 2.73 bits per heavy atom. The van der Waals surface area contributed by atoms with Gasteiger partial charge in [-0.3, -0.25) is 9.48 Å². The van der Waals surface area contributed by atoms with E-state index in [4.69, 9.17) is 4.74 Å². The van der Waals surface area contributed by atoms with Crippen molar-refractivity contribution in [1.29, 1.82) is 0 Å². The number of aliphatic hydroxyl groups is 1. The Morgan fingerprint density at radius 2 is 2.04 bits per heavy atom. The summed E-state index contributed by atoms with van der Waals surface area (Å²) in [6, 6.07) is 9.76. The summed E-state index contributed by atoms with van der Waals surface area (Å²) in [5, 5.41) is 17.7. The molecule has 6 heteroatoms. The van der Waals surface area contributed by atoms with Crippen molar-refractivity contribution < 1.29 is 14.6 Å². The number of benzene rings is 1. The number of carbonyl (C=O) groups excluding carboxylic acids is 1. The molecule has 0 spiro atoms. The first-order chi connectivity index (χ1) is 12.5. The predicted molar refractivity (Wildman–Crippen MR) is 98.9 cm³/mol. The largest absolute Gasteiger partial charge is 0.488 e. The van der Waals surface area contributed by atoms with Gasteiger partial charge in [-0.2, -0.15) is 5.10 Å². The number of amides is 1. The van der Waals surface area contributed by atoms with E-state index in [0.717, 1.165) is 24.3 Å². The standard InChI is InChI=1S/C20H27N3O3/c1-14-3-6-17(7-4-14)26-18-8-5-16(20(18)25)13-21-19(24)10-12-23-11-9-15(2)22-23/h3-4,6-7,9,11,16,18,20,25H,5,8,10,12-13H2,1-2H3,(H,21,24)/t16-,18-,20-/m1/s1. The van der Waals surface area contributed by atoms with Crippen molar-refractivity contribution >= 4 is 5.91 Å². The lowest BCUT2D eigenvalue weighted by Gasteiger charge is -2.21. The van der Waals surface area contributed by atoms with E-state index in [-0.39, 0.29) is 17.9 Å². The fourth-order valence-electron chi connectivity index (χ4n) is 3.30. The van der Waals surface area contributed by atoms with Gasteiger partial charge >= 0.3 is 0 Å². The molecule has 1 aliphatic rings. The van der Waals surface area contributed by atoms with Gasteiger partial charge in [0.25, 0.3) is 0 Å². The minimum Gasteiger partial charge on any atom is -0.488 e. The lowest BCUT2D eigenvalue weighted by molar-refractivity contribution is -0.121. The maximum atomic E-state index is 12.0. The highest BCUT2D eigenvalue weighted by atomic mass is 16.5. The van der Waals surface area contributed by atoms with Crippen molar-refractivity contribution in [3.8, 4) is 5.75 Å². The van der Waals surface area contributed by atoms with Crippen LogP contribution in [0.2, 0.25) is 0 Å². The SMILES string of the molecule is Cc1ccc(O[C@@H]2CC[C@H](CNC(=O)CCn3ccc(C)n3)[C@H]2O)cc1. The molecular weight excluding hydrogens is 330 g/mol. The summed E-state index contributed by atoms with van der Waals surface area (Å²) in [5.41, 5.74) is 2.12. The second-order valence-corrected chi connectivity index (χ2v) is 7.07. The van der Waals surface area contributed by atoms with Crippen LogP contribution in [0, 0.1) is 19.8 Å². The van der Waals surface area contributed by atoms with E-state index in [1.165, 1.54) is 5.56 Å². The first kappa shape index (κ1) is 18.5. The zero-order valence-electron chi connectivity index (χ0n) is 15.4. The molecule has 6 nitrogen and oxygen atoms in total. The Labute approximate surface area is 154 Å². The molecule has 1 aromatic carbocycles. The van der Waals surface area contributed by atoms with Crippen LogP contribution in [0.15, 0.2) is 36.5 Å². The summed E-state index contributed by atoms with van der Waals surface area (Å²) in [4.78, 5) is 12.0. The number of aryl methyl sites for hydroxylation is 3. The third-order valence-electron chi connectivity index (χ3n) is 4.90. The van der Waals surface area contributed by atoms with Gasteiger partial charge in [-0.05, 0) is 44.9 Å². The number of rotatable bonds is 7. The Kier molecular flexibility index (Phi) is 5.93. The second-order valence-electron chi connectivity index (χ2n) is 7.07. The summed E-state index contributed by atoms with van der Waals surface area (Å²) >= 11 is 0. The highest BCUT2D eigenvalue weighted by Gasteiger charge is 2.36. The van der Waals surface area contributed by atoms with Gasteiger partial charge in [-0.15, -0.1) is 0 Å². The number of nitrogens with one attached hydrogen (secondary N) is 1. The summed E-state index contributed by atoms with van der Waals surface area (Å²) in [6.07, 6.45) is 3.11. The first-order valence-corrected chi connectivity index (χ1v) is 9.19. The topological polar surface area (TPSA) is 76.4 Å². The van der Waals surface area contributed by atoms with Gasteiger partial charge in [0.2, 0.25) is 5.91 Å². The number of ether oxygens (including phenoxy) is 1. The third kappa shape index (κ3) is 4.85. The van der Waals surface area contributed by atoms with Crippen molar-refractivity contribution in [2.75, 3.05) is 6.54 Å². The van der Waals surface area contributed by atoms with Crippen LogP contribution in [0.5, 0.6) is 5.75 Å². The van der Waals surface area contributed by atoms with E-state index < -0.39 is 6.10 Å². The molecule has 0 unspecified atom stereocenters. The highest BCUT2D eigenvalue weighted by Crippen LogP contribution is 2.29. The summed E-state index contributed by atoms with van der Waals surface area (Å²) in [7, 11) is 0. The van der Waals surface area contributed by atoms with Gasteiger partial charge in [0.15, 0.2) is 0 Å². The van der Waals surface area contributed by atoms with Crippen LogP contribution in [0.1, 0.15) is 30.5 Å². The molecule has 1 amide bonds. The molecule has 0 saturated heterocycles. The van der Waals surface area contributed by atoms with Crippen LogP contribution in [-0.4, -0.2) is 39.5 Å². The molecule has 140 valence electrons. The predicted octanol–water partition coefficient (Wildman–Crippen LogP) is 2.22. The lowest BCUT2D eigenvalue weighted by atomic mass is 10.1. The molecule has 1 fully saturated rings. The van der Waals surface area contributed by atoms with Crippen molar-refractivity contribution in [3.05, 3.63) is 47.8 Å². The molecule has 0 bridgehead atoms. The van der Waals surface area contributed by atoms with Gasteiger partial charge in [0.05, 0.1) is 11.8 Å². The van der Waals surface area contributed by atoms with E-state index in [2.05, 4.69) is 10.4 Å². The fraction of sp³-hybridized carbons (Fsp3) is 0.500. The van der Waals surface area contributed by atoms with Gasteiger partial charge < -0.3 is 15.2 Å². The van der Waals surface area contributed by atoms with E-state index in [0.29, 0.717) is 19.5 Å². The number of nitrogens with zero attached hydrogens (tertiary/aromatic N) is 2. The Balaban J connectivity index is 1.41. The van der Waals surface area contributed by atoms with Crippen molar-refractivity contribution in [1.82, 2.24) is 15.1 Å². The highest BCUT2D eigenvalue weighted by molar-refractivity contribution is 5.75. The molecule has 1 saturated carbocycles. The van der Waals surface area contributed by atoms with Crippen LogP contribution in [-0.2, 0) is 11.3 Å². The minimum atomic E-state index is -0.564. The summed E-state index contributed by atoms with van der Waals surface area (Å²) < 4.78 is 7.68.